The number of para-hydroxylation sites is 4. The van der Waals surface area contributed by atoms with Crippen molar-refractivity contribution in [2.75, 3.05) is 14.7 Å². The van der Waals surface area contributed by atoms with E-state index in [0.717, 1.165) is 147 Å². The van der Waals surface area contributed by atoms with Gasteiger partial charge in [-0.2, -0.15) is 0 Å². The summed E-state index contributed by atoms with van der Waals surface area (Å²) in [5.74, 6) is 0. The first-order valence-electron chi connectivity index (χ1n) is 45.1. The van der Waals surface area contributed by atoms with Crippen LogP contribution in [0.2, 0.25) is 0 Å². The summed E-state index contributed by atoms with van der Waals surface area (Å²) in [7, 11) is 0. The number of aromatic nitrogens is 3. The van der Waals surface area contributed by atoms with E-state index >= 15 is 0 Å². The molecular weight excluding hydrogens is 1540 g/mol. The van der Waals surface area contributed by atoms with Crippen molar-refractivity contribution in [3.63, 3.8) is 0 Å². The van der Waals surface area contributed by atoms with Crippen molar-refractivity contribution in [2.45, 2.75) is 107 Å². The average Bonchev–Trinajstić information content (AvgIpc) is 0.991. The molecule has 5 heterocycles. The van der Waals surface area contributed by atoms with Crippen LogP contribution < -0.4 is 31.1 Å². The van der Waals surface area contributed by atoms with E-state index < -0.39 is 0 Å². The van der Waals surface area contributed by atoms with Gasteiger partial charge in [0.25, 0.3) is 6.71 Å². The first-order valence-corrected chi connectivity index (χ1v) is 45.1. The Balaban J connectivity index is 0.872. The highest BCUT2D eigenvalue weighted by Crippen LogP contribution is 2.55. The summed E-state index contributed by atoms with van der Waals surface area (Å²) in [5.41, 5.74) is 37.9. The van der Waals surface area contributed by atoms with Crippen LogP contribution in [0.5, 0.6) is 0 Å². The topological polar surface area (TPSA) is 24.5 Å². The molecule has 127 heavy (non-hydrogen) atoms. The van der Waals surface area contributed by atoms with E-state index in [1.165, 1.54) is 82.3 Å². The standard InChI is InChI=1S/C120H103BN6/c1-117(2,3)76-78-51-59-107-99(63-78)100-69-86(119(7,8)9)52-60-108(100)124(107)92-53-57-103-111(74-92)126(94-67-84(80-35-19-13-20-36-80)66-85(68-94)81-37-21-14-22-38-81)113-64-79(77-118(4,5)6)65-114-115(113)121(103)104-58-54-93(75-112(104)127(114)116-97(82-39-23-15-24-40-82)70-87(120(10,11)12)71-98(116)83-41-25-16-26-42-83)125-109-61-55-90(122(88-43-27-17-28-44-88)89-45-29-18-30-46-89)72-101(109)102-73-91(56-62-110(102)125)123-105-49-33-31-47-95(105)96-48-32-34-50-106(96)123/h13-75H,76-77H2,1-12H3. The molecule has 0 aliphatic carbocycles. The number of anilines is 9. The SMILES string of the molecule is CC(C)(C)Cc1cc2c3c(c1)N(c1c(-c4ccccc4)cc(C(C)(C)C)cc1-c1ccccc1)c1cc(-n4c5ccc(N(c6ccccc6)c6ccccc6)cc5c5cc(-n6c7ccccc7c7ccccc76)ccc54)ccc1B3c1ccc(-n3c4ccc(CC(C)(C)C)cc4c4cc(C(C)(C)C)ccc43)cc1N2c1cc(-c2ccccc2)cc(-c2ccccc2)c1. The fraction of sp³-hybridized carbons (Fsp3) is 0.150. The normalized spacial score (nSPS) is 12.9. The summed E-state index contributed by atoms with van der Waals surface area (Å²) >= 11 is 0. The highest BCUT2D eigenvalue weighted by atomic mass is 15.2. The second kappa shape index (κ2) is 30.2. The lowest BCUT2D eigenvalue weighted by Crippen LogP contribution is -2.61. The van der Waals surface area contributed by atoms with E-state index in [1.807, 2.05) is 0 Å². The van der Waals surface area contributed by atoms with Crippen LogP contribution in [0.3, 0.4) is 0 Å². The van der Waals surface area contributed by atoms with Gasteiger partial charge in [0.05, 0.1) is 38.8 Å². The van der Waals surface area contributed by atoms with Crippen LogP contribution >= 0.6 is 0 Å². The number of benzene rings is 17. The molecule has 7 heteroatoms. The summed E-state index contributed by atoms with van der Waals surface area (Å²) in [5, 5.41) is 7.29. The fourth-order valence-electron chi connectivity index (χ4n) is 20.7. The van der Waals surface area contributed by atoms with Crippen LogP contribution in [0, 0.1) is 10.8 Å². The lowest BCUT2D eigenvalue weighted by molar-refractivity contribution is 0.411. The lowest BCUT2D eigenvalue weighted by Gasteiger charge is -2.46. The van der Waals surface area contributed by atoms with Crippen LogP contribution in [-0.2, 0) is 23.7 Å². The monoisotopic (exact) mass is 1640 g/mol. The molecule has 0 saturated heterocycles. The number of nitrogens with zero attached hydrogens (tertiary/aromatic N) is 6. The van der Waals surface area contributed by atoms with E-state index in [2.05, 4.69) is 494 Å². The zero-order valence-corrected chi connectivity index (χ0v) is 74.5. The lowest BCUT2D eigenvalue weighted by atomic mass is 9.33. The predicted molar refractivity (Wildman–Crippen MR) is 544 cm³/mol. The van der Waals surface area contributed by atoms with Crippen molar-refractivity contribution in [3.8, 4) is 61.6 Å². The first kappa shape index (κ1) is 78.6. The van der Waals surface area contributed by atoms with Crippen molar-refractivity contribution >= 4 is 140 Å². The third-order valence-electron chi connectivity index (χ3n) is 26.4. The van der Waals surface area contributed by atoms with Gasteiger partial charge in [-0.1, -0.05) is 301 Å². The maximum absolute atomic E-state index is 2.76. The zero-order valence-electron chi connectivity index (χ0n) is 74.5. The molecule has 6 nitrogen and oxygen atoms in total. The molecule has 0 N–H and O–H groups in total. The highest BCUT2D eigenvalue weighted by Gasteiger charge is 2.46. The largest absolute Gasteiger partial charge is 0.311 e. The van der Waals surface area contributed by atoms with Crippen molar-refractivity contribution in [3.05, 3.63) is 404 Å². The van der Waals surface area contributed by atoms with Gasteiger partial charge in [0.15, 0.2) is 0 Å². The Labute approximate surface area is 746 Å². The minimum atomic E-state index is -0.279. The molecule has 0 amide bonds. The Kier molecular flexibility index (Phi) is 18.7. The molecule has 3 aromatic heterocycles. The molecule has 22 rings (SSSR count). The number of hydrogen-bond acceptors (Lipinski definition) is 3. The van der Waals surface area contributed by atoms with Gasteiger partial charge in [0.1, 0.15) is 0 Å². The minimum Gasteiger partial charge on any atom is -0.311 e. The van der Waals surface area contributed by atoms with Gasteiger partial charge in [0, 0.05) is 106 Å². The molecule has 0 saturated carbocycles. The van der Waals surface area contributed by atoms with Crippen molar-refractivity contribution in [1.29, 1.82) is 0 Å². The number of hydrogen-bond donors (Lipinski definition) is 0. The number of fused-ring (bicyclic) bond motifs is 13. The molecule has 0 fully saturated rings. The Hall–Kier alpha value is -14.4. The molecule has 2 aliphatic rings. The molecule has 0 unspecified atom stereocenters. The van der Waals surface area contributed by atoms with Crippen molar-refractivity contribution in [1.82, 2.24) is 13.7 Å². The summed E-state index contributed by atoms with van der Waals surface area (Å²) in [4.78, 5) is 7.85. The third kappa shape index (κ3) is 13.8. The Morgan fingerprint density at radius 3 is 1.13 bits per heavy atom. The molecule has 0 bridgehead atoms. The summed E-state index contributed by atoms with van der Waals surface area (Å²) < 4.78 is 7.62. The molecule has 2 aliphatic heterocycles. The van der Waals surface area contributed by atoms with Crippen molar-refractivity contribution in [2.24, 2.45) is 10.8 Å². The smallest absolute Gasteiger partial charge is 0.252 e. The minimum absolute atomic E-state index is 0.0710. The van der Waals surface area contributed by atoms with E-state index in [1.54, 1.807) is 0 Å². The first-order chi connectivity index (χ1) is 61.5. The molecule has 0 atom stereocenters. The van der Waals surface area contributed by atoms with E-state index in [-0.39, 0.29) is 28.4 Å². The Bertz CT molecular complexity index is 7510. The molecule has 17 aromatic carbocycles. The summed E-state index contributed by atoms with van der Waals surface area (Å²) in [6.07, 6.45) is 1.77. The van der Waals surface area contributed by atoms with Gasteiger partial charge in [-0.15, -0.1) is 0 Å². The van der Waals surface area contributed by atoms with E-state index in [0.29, 0.717) is 0 Å². The van der Waals surface area contributed by atoms with Gasteiger partial charge >= 0.3 is 0 Å². The second-order valence-electron chi connectivity index (χ2n) is 39.8. The van der Waals surface area contributed by atoms with Gasteiger partial charge < -0.3 is 28.4 Å². The van der Waals surface area contributed by atoms with Crippen LogP contribution in [0.25, 0.3) is 127 Å². The number of rotatable bonds is 14. The molecule has 0 radical (unpaired) electrons. The summed E-state index contributed by atoms with van der Waals surface area (Å²) in [6.45, 7) is 28.1. The Morgan fingerprint density at radius 1 is 0.244 bits per heavy atom. The van der Waals surface area contributed by atoms with Gasteiger partial charge in [-0.05, 0) is 270 Å². The van der Waals surface area contributed by atoms with Gasteiger partial charge in [0.2, 0.25) is 0 Å². The average molecular weight is 1640 g/mol. The fourth-order valence-corrected chi connectivity index (χ4v) is 20.7. The third-order valence-corrected chi connectivity index (χ3v) is 26.4. The quantitative estimate of drug-likeness (QED) is 0.101. The highest BCUT2D eigenvalue weighted by molar-refractivity contribution is 7.00. The predicted octanol–water partition coefficient (Wildman–Crippen LogP) is 31.0. The van der Waals surface area contributed by atoms with Crippen LogP contribution in [0.15, 0.2) is 382 Å². The molecular formula is C120H103BN6. The van der Waals surface area contributed by atoms with Gasteiger partial charge in [-0.25, -0.2) is 0 Å². The molecule has 20 aromatic rings. The zero-order chi connectivity index (χ0) is 86.5. The molecule has 616 valence electrons. The maximum atomic E-state index is 2.76. The second-order valence-corrected chi connectivity index (χ2v) is 39.8. The van der Waals surface area contributed by atoms with Crippen LogP contribution in [0.1, 0.15) is 105 Å². The van der Waals surface area contributed by atoms with Crippen LogP contribution in [-0.4, -0.2) is 20.4 Å². The summed E-state index contributed by atoms with van der Waals surface area (Å²) in [6, 6.07) is 146. The van der Waals surface area contributed by atoms with E-state index in [4.69, 9.17) is 0 Å². The van der Waals surface area contributed by atoms with Crippen LogP contribution in [0.4, 0.5) is 51.2 Å². The molecule has 0 spiro atoms. The van der Waals surface area contributed by atoms with Crippen molar-refractivity contribution < 1.29 is 0 Å². The van der Waals surface area contributed by atoms with Gasteiger partial charge in [-0.3, -0.25) is 0 Å². The maximum Gasteiger partial charge on any atom is 0.252 e. The van der Waals surface area contributed by atoms with E-state index in [9.17, 15) is 0 Å². The Morgan fingerprint density at radius 2 is 0.630 bits per heavy atom.